The number of hydrogen-bond acceptors (Lipinski definition) is 4. The molecule has 0 amide bonds. The molecule has 0 aromatic heterocycles. The van der Waals surface area contributed by atoms with Gasteiger partial charge in [-0.15, -0.1) is 0 Å². The first kappa shape index (κ1) is 9.48. The number of esters is 1. The maximum absolute atomic E-state index is 11.0. The van der Waals surface area contributed by atoms with Gasteiger partial charge in [0.2, 0.25) is 0 Å². The minimum Gasteiger partial charge on any atom is -0.466 e. The van der Waals surface area contributed by atoms with Gasteiger partial charge in [-0.2, -0.15) is 0 Å². The van der Waals surface area contributed by atoms with Crippen molar-refractivity contribution in [3.63, 3.8) is 0 Å². The van der Waals surface area contributed by atoms with E-state index in [2.05, 4.69) is 0 Å². The minimum absolute atomic E-state index is 0.208. The number of ether oxygens (including phenoxy) is 3. The molecule has 0 aromatic carbocycles. The molecule has 4 nitrogen and oxygen atoms in total. The predicted octanol–water partition coefficient (Wildman–Crippen LogP) is 0.703. The molecule has 70 valence electrons. The van der Waals surface area contributed by atoms with Gasteiger partial charge in [0.05, 0.1) is 26.2 Å². The average molecular weight is 174 g/mol. The summed E-state index contributed by atoms with van der Waals surface area (Å²) in [5.74, 6) is -0.247. The van der Waals surface area contributed by atoms with Gasteiger partial charge in [-0.25, -0.2) is 0 Å². The zero-order valence-electron chi connectivity index (χ0n) is 7.25. The highest BCUT2D eigenvalue weighted by atomic mass is 16.7. The Kier molecular flexibility index (Phi) is 4.04. The molecule has 0 saturated carbocycles. The van der Waals surface area contributed by atoms with Gasteiger partial charge < -0.3 is 14.2 Å². The lowest BCUT2D eigenvalue weighted by Gasteiger charge is -2.07. The van der Waals surface area contributed by atoms with Crippen molar-refractivity contribution < 1.29 is 19.0 Å². The van der Waals surface area contributed by atoms with Crippen LogP contribution in [0.5, 0.6) is 0 Å². The molecule has 1 rings (SSSR count). The third-order valence-corrected chi connectivity index (χ3v) is 1.49. The molecule has 0 unspecified atom stereocenters. The lowest BCUT2D eigenvalue weighted by Crippen LogP contribution is -2.16. The summed E-state index contributed by atoms with van der Waals surface area (Å²) in [7, 11) is 0. The summed E-state index contributed by atoms with van der Waals surface area (Å²) >= 11 is 0. The number of carbonyl (C=O) groups excluding carboxylic acids is 1. The third kappa shape index (κ3) is 3.19. The van der Waals surface area contributed by atoms with E-state index >= 15 is 0 Å². The van der Waals surface area contributed by atoms with Crippen molar-refractivity contribution in [2.45, 2.75) is 26.1 Å². The van der Waals surface area contributed by atoms with Crippen LogP contribution >= 0.6 is 0 Å². The largest absolute Gasteiger partial charge is 0.466 e. The second-order valence-corrected chi connectivity index (χ2v) is 2.60. The van der Waals surface area contributed by atoms with E-state index in [0.29, 0.717) is 19.8 Å². The molecule has 0 radical (unpaired) electrons. The van der Waals surface area contributed by atoms with Crippen molar-refractivity contribution in [3.8, 4) is 0 Å². The Morgan fingerprint density at radius 1 is 1.50 bits per heavy atom. The van der Waals surface area contributed by atoms with Crippen molar-refractivity contribution in [1.29, 1.82) is 0 Å². The van der Waals surface area contributed by atoms with Crippen LogP contribution < -0.4 is 0 Å². The monoisotopic (exact) mass is 174 g/mol. The van der Waals surface area contributed by atoms with Gasteiger partial charge in [-0.3, -0.25) is 4.79 Å². The van der Waals surface area contributed by atoms with Crippen molar-refractivity contribution in [3.05, 3.63) is 0 Å². The summed E-state index contributed by atoms with van der Waals surface area (Å²) in [4.78, 5) is 11.0. The van der Waals surface area contributed by atoms with Gasteiger partial charge in [-0.1, -0.05) is 6.92 Å². The summed E-state index contributed by atoms with van der Waals surface area (Å²) in [6.45, 7) is 3.58. The van der Waals surface area contributed by atoms with Gasteiger partial charge in [-0.05, 0) is 6.42 Å². The SMILES string of the molecule is CCCOC(=O)CC1OCCO1. The second kappa shape index (κ2) is 5.11. The van der Waals surface area contributed by atoms with Crippen LogP contribution in [0.4, 0.5) is 0 Å². The molecule has 0 aromatic rings. The molecular formula is C8H14O4. The van der Waals surface area contributed by atoms with Crippen molar-refractivity contribution >= 4 is 5.97 Å². The fourth-order valence-corrected chi connectivity index (χ4v) is 0.936. The van der Waals surface area contributed by atoms with Gasteiger partial charge >= 0.3 is 5.97 Å². The topological polar surface area (TPSA) is 44.8 Å². The van der Waals surface area contributed by atoms with Gasteiger partial charge in [0.25, 0.3) is 0 Å². The van der Waals surface area contributed by atoms with Crippen LogP contribution in [0.1, 0.15) is 19.8 Å². The lowest BCUT2D eigenvalue weighted by atomic mass is 10.4. The maximum Gasteiger partial charge on any atom is 0.310 e. The first-order valence-electron chi connectivity index (χ1n) is 4.21. The van der Waals surface area contributed by atoms with Crippen LogP contribution in [0, 0.1) is 0 Å². The van der Waals surface area contributed by atoms with E-state index in [1.54, 1.807) is 0 Å². The van der Waals surface area contributed by atoms with E-state index in [-0.39, 0.29) is 18.7 Å². The highest BCUT2D eigenvalue weighted by Gasteiger charge is 2.20. The molecule has 0 atom stereocenters. The zero-order chi connectivity index (χ0) is 8.81. The summed E-state index contributed by atoms with van der Waals surface area (Å²) in [6.07, 6.45) is 0.673. The Bertz CT molecular complexity index is 140. The van der Waals surface area contributed by atoms with Gasteiger partial charge in [0.15, 0.2) is 6.29 Å². The Labute approximate surface area is 71.8 Å². The fourth-order valence-electron chi connectivity index (χ4n) is 0.936. The lowest BCUT2D eigenvalue weighted by molar-refractivity contribution is -0.152. The minimum atomic E-state index is -0.380. The van der Waals surface area contributed by atoms with Crippen molar-refractivity contribution in [1.82, 2.24) is 0 Å². The van der Waals surface area contributed by atoms with E-state index in [4.69, 9.17) is 14.2 Å². The summed E-state index contributed by atoms with van der Waals surface area (Å²) in [6, 6.07) is 0. The smallest absolute Gasteiger partial charge is 0.310 e. The van der Waals surface area contributed by atoms with E-state index < -0.39 is 0 Å². The van der Waals surface area contributed by atoms with Crippen molar-refractivity contribution in [2.24, 2.45) is 0 Å². The van der Waals surface area contributed by atoms with E-state index in [0.717, 1.165) is 6.42 Å². The summed E-state index contributed by atoms with van der Waals surface area (Å²) < 4.78 is 15.0. The molecule has 0 bridgehead atoms. The first-order chi connectivity index (χ1) is 5.83. The molecular weight excluding hydrogens is 160 g/mol. The van der Waals surface area contributed by atoms with Crippen LogP contribution in [-0.2, 0) is 19.0 Å². The van der Waals surface area contributed by atoms with Crippen LogP contribution in [-0.4, -0.2) is 32.1 Å². The molecule has 1 aliphatic heterocycles. The highest BCUT2D eigenvalue weighted by molar-refractivity contribution is 5.69. The average Bonchev–Trinajstić information content (AvgIpc) is 2.53. The third-order valence-electron chi connectivity index (χ3n) is 1.49. The van der Waals surface area contributed by atoms with Crippen LogP contribution in [0.2, 0.25) is 0 Å². The normalized spacial score (nSPS) is 18.1. The van der Waals surface area contributed by atoms with E-state index in [1.165, 1.54) is 0 Å². The Balaban J connectivity index is 2.08. The standard InChI is InChI=1S/C8H14O4/c1-2-3-10-7(9)6-8-11-4-5-12-8/h8H,2-6H2,1H3. The molecule has 4 heteroatoms. The molecule has 1 aliphatic rings. The molecule has 1 saturated heterocycles. The number of hydrogen-bond donors (Lipinski definition) is 0. The molecule has 1 fully saturated rings. The fraction of sp³-hybridized carbons (Fsp3) is 0.875. The number of rotatable bonds is 4. The molecule has 12 heavy (non-hydrogen) atoms. The predicted molar refractivity (Wildman–Crippen MR) is 41.6 cm³/mol. The van der Waals surface area contributed by atoms with Crippen LogP contribution in [0.15, 0.2) is 0 Å². The van der Waals surface area contributed by atoms with Crippen molar-refractivity contribution in [2.75, 3.05) is 19.8 Å². The first-order valence-corrected chi connectivity index (χ1v) is 4.21. The summed E-state index contributed by atoms with van der Waals surface area (Å²) in [5.41, 5.74) is 0. The number of carbonyl (C=O) groups is 1. The molecule has 0 spiro atoms. The van der Waals surface area contributed by atoms with E-state index in [9.17, 15) is 4.79 Å². The zero-order valence-corrected chi connectivity index (χ0v) is 7.25. The highest BCUT2D eigenvalue weighted by Crippen LogP contribution is 2.08. The Morgan fingerprint density at radius 3 is 2.75 bits per heavy atom. The second-order valence-electron chi connectivity index (χ2n) is 2.60. The summed E-state index contributed by atoms with van der Waals surface area (Å²) in [5, 5.41) is 0. The van der Waals surface area contributed by atoms with Crippen LogP contribution in [0.25, 0.3) is 0 Å². The molecule has 0 aliphatic carbocycles. The quantitative estimate of drug-likeness (QED) is 0.588. The van der Waals surface area contributed by atoms with Crippen LogP contribution in [0.3, 0.4) is 0 Å². The van der Waals surface area contributed by atoms with E-state index in [1.807, 2.05) is 6.92 Å². The van der Waals surface area contributed by atoms with Gasteiger partial charge in [0.1, 0.15) is 0 Å². The Hall–Kier alpha value is -0.610. The maximum atomic E-state index is 11.0. The molecule has 0 N–H and O–H groups in total. The Morgan fingerprint density at radius 2 is 2.17 bits per heavy atom. The van der Waals surface area contributed by atoms with Gasteiger partial charge in [0, 0.05) is 0 Å². The molecule has 1 heterocycles.